The van der Waals surface area contributed by atoms with Gasteiger partial charge in [0.25, 0.3) is 11.6 Å². The highest BCUT2D eigenvalue weighted by atomic mass is 19.4. The van der Waals surface area contributed by atoms with Gasteiger partial charge in [-0.1, -0.05) is 0 Å². The third kappa shape index (κ3) is 3.40. The maximum atomic E-state index is 13.1. The summed E-state index contributed by atoms with van der Waals surface area (Å²) in [5, 5.41) is 10.8. The van der Waals surface area contributed by atoms with Gasteiger partial charge in [0.2, 0.25) is 0 Å². The highest BCUT2D eigenvalue weighted by Gasteiger charge is 2.31. The van der Waals surface area contributed by atoms with E-state index < -0.39 is 34.2 Å². The standard InChI is InChI=1S/C8H4F4N2O3/c9-6-3-4(14(16)17)1-2-5(6)7(15)13-8(10,11)12/h1-3H,(H,13,15). The van der Waals surface area contributed by atoms with Gasteiger partial charge in [-0.25, -0.2) is 4.39 Å². The van der Waals surface area contributed by atoms with Crippen LogP contribution in [0.15, 0.2) is 18.2 Å². The first-order valence-electron chi connectivity index (χ1n) is 4.04. The number of non-ortho nitro benzene ring substituents is 1. The maximum Gasteiger partial charge on any atom is 0.484 e. The number of nitrogens with one attached hydrogen (secondary N) is 1. The normalized spacial score (nSPS) is 11.1. The predicted molar refractivity (Wildman–Crippen MR) is 46.6 cm³/mol. The van der Waals surface area contributed by atoms with Gasteiger partial charge in [-0.3, -0.25) is 20.2 Å². The molecule has 0 unspecified atom stereocenters. The Bertz CT molecular complexity index is 472. The van der Waals surface area contributed by atoms with Crippen LogP contribution >= 0.6 is 0 Å². The first-order chi connectivity index (χ1) is 7.70. The van der Waals surface area contributed by atoms with Crippen molar-refractivity contribution in [3.8, 4) is 0 Å². The number of nitro benzene ring substituents is 1. The van der Waals surface area contributed by atoms with Crippen molar-refractivity contribution in [2.45, 2.75) is 6.30 Å². The van der Waals surface area contributed by atoms with Crippen LogP contribution in [0.5, 0.6) is 0 Å². The van der Waals surface area contributed by atoms with Gasteiger partial charge < -0.3 is 0 Å². The Labute approximate surface area is 91.2 Å². The van der Waals surface area contributed by atoms with Crippen LogP contribution in [0.3, 0.4) is 0 Å². The SMILES string of the molecule is O=C(NC(F)(F)F)c1ccc([N+](=O)[O-])cc1F. The molecule has 92 valence electrons. The second kappa shape index (κ2) is 4.36. The van der Waals surface area contributed by atoms with Gasteiger partial charge in [0, 0.05) is 6.07 Å². The second-order valence-electron chi connectivity index (χ2n) is 2.87. The van der Waals surface area contributed by atoms with Crippen molar-refractivity contribution >= 4 is 11.6 Å². The number of carbonyl (C=O) groups excluding carboxylic acids is 1. The lowest BCUT2D eigenvalue weighted by Crippen LogP contribution is -2.37. The molecule has 0 atom stereocenters. The fourth-order valence-corrected chi connectivity index (χ4v) is 0.998. The second-order valence-corrected chi connectivity index (χ2v) is 2.87. The van der Waals surface area contributed by atoms with E-state index in [2.05, 4.69) is 0 Å². The Morgan fingerprint density at radius 3 is 2.35 bits per heavy atom. The number of rotatable bonds is 2. The minimum Gasteiger partial charge on any atom is -0.269 e. The number of carbonyl (C=O) groups is 1. The smallest absolute Gasteiger partial charge is 0.269 e. The zero-order valence-electron chi connectivity index (χ0n) is 7.92. The molecule has 0 radical (unpaired) electrons. The van der Waals surface area contributed by atoms with Gasteiger partial charge in [0.15, 0.2) is 0 Å². The first-order valence-corrected chi connectivity index (χ1v) is 4.04. The van der Waals surface area contributed by atoms with Gasteiger partial charge >= 0.3 is 6.30 Å². The van der Waals surface area contributed by atoms with Crippen molar-refractivity contribution in [2.75, 3.05) is 0 Å². The summed E-state index contributed by atoms with van der Waals surface area (Å²) in [6, 6.07) is 1.70. The Morgan fingerprint density at radius 2 is 1.94 bits per heavy atom. The number of alkyl halides is 3. The number of hydrogen-bond acceptors (Lipinski definition) is 3. The van der Waals surface area contributed by atoms with Crippen molar-refractivity contribution < 1.29 is 27.3 Å². The molecule has 5 nitrogen and oxygen atoms in total. The minimum atomic E-state index is -4.99. The van der Waals surface area contributed by atoms with Crippen LogP contribution in [0.25, 0.3) is 0 Å². The van der Waals surface area contributed by atoms with Crippen LogP contribution in [0, 0.1) is 15.9 Å². The predicted octanol–water partition coefficient (Wildman–Crippen LogP) is 1.98. The van der Waals surface area contributed by atoms with Gasteiger partial charge in [-0.2, -0.15) is 13.2 Å². The minimum absolute atomic E-state index is 0.366. The van der Waals surface area contributed by atoms with Crippen LogP contribution in [-0.4, -0.2) is 17.1 Å². The van der Waals surface area contributed by atoms with E-state index in [1.165, 1.54) is 0 Å². The van der Waals surface area contributed by atoms with Crippen molar-refractivity contribution in [1.29, 1.82) is 0 Å². The molecule has 1 amide bonds. The Morgan fingerprint density at radius 1 is 1.35 bits per heavy atom. The molecule has 0 aliphatic heterocycles. The summed E-state index contributed by atoms with van der Waals surface area (Å²) in [6.07, 6.45) is -4.99. The van der Waals surface area contributed by atoms with E-state index in [-0.39, 0.29) is 0 Å². The number of amides is 1. The molecule has 0 aromatic heterocycles. The molecule has 9 heteroatoms. The van der Waals surface area contributed by atoms with Crippen molar-refractivity contribution in [1.82, 2.24) is 5.32 Å². The van der Waals surface area contributed by atoms with Gasteiger partial charge in [-0.15, -0.1) is 0 Å². The lowest BCUT2D eigenvalue weighted by atomic mass is 10.2. The molecule has 0 fully saturated rings. The third-order valence-corrected chi connectivity index (χ3v) is 1.66. The first kappa shape index (κ1) is 12.9. The van der Waals surface area contributed by atoms with Crippen molar-refractivity contribution in [3.63, 3.8) is 0 Å². The Balaban J connectivity index is 3.00. The molecular weight excluding hydrogens is 248 g/mol. The number of nitrogens with zero attached hydrogens (tertiary/aromatic N) is 1. The fourth-order valence-electron chi connectivity index (χ4n) is 0.998. The van der Waals surface area contributed by atoms with Crippen LogP contribution in [0.2, 0.25) is 0 Å². The zero-order valence-corrected chi connectivity index (χ0v) is 7.92. The molecule has 1 N–H and O–H groups in total. The largest absolute Gasteiger partial charge is 0.484 e. The molecular formula is C8H4F4N2O3. The topological polar surface area (TPSA) is 72.2 Å². The number of hydrogen-bond donors (Lipinski definition) is 1. The van der Waals surface area contributed by atoms with Gasteiger partial charge in [-0.05, 0) is 6.07 Å². The van der Waals surface area contributed by atoms with E-state index in [4.69, 9.17) is 0 Å². The molecule has 1 rings (SSSR count). The van der Waals surface area contributed by atoms with E-state index in [1.807, 2.05) is 0 Å². The average molecular weight is 252 g/mol. The van der Waals surface area contributed by atoms with Gasteiger partial charge in [0.1, 0.15) is 5.82 Å². The average Bonchev–Trinajstić information content (AvgIpc) is 2.14. The highest BCUT2D eigenvalue weighted by Crippen LogP contribution is 2.18. The van der Waals surface area contributed by atoms with Crippen LogP contribution in [0.1, 0.15) is 10.4 Å². The summed E-state index contributed by atoms with van der Waals surface area (Å²) >= 11 is 0. The lowest BCUT2D eigenvalue weighted by molar-refractivity contribution is -0.385. The molecule has 0 saturated carbocycles. The summed E-state index contributed by atoms with van der Waals surface area (Å²) in [7, 11) is 0. The summed E-state index contributed by atoms with van der Waals surface area (Å²) in [5.74, 6) is -3.12. The summed E-state index contributed by atoms with van der Waals surface area (Å²) in [6.45, 7) is 0. The zero-order chi connectivity index (χ0) is 13.2. The molecule has 0 aliphatic rings. The molecule has 17 heavy (non-hydrogen) atoms. The Hall–Kier alpha value is -2.19. The van der Waals surface area contributed by atoms with E-state index in [9.17, 15) is 32.5 Å². The summed E-state index contributed by atoms with van der Waals surface area (Å²) < 4.78 is 48.4. The van der Waals surface area contributed by atoms with Crippen LogP contribution < -0.4 is 5.32 Å². The van der Waals surface area contributed by atoms with Gasteiger partial charge in [0.05, 0.1) is 16.6 Å². The number of benzene rings is 1. The van der Waals surface area contributed by atoms with E-state index >= 15 is 0 Å². The summed E-state index contributed by atoms with van der Waals surface area (Å²) in [5.41, 5.74) is -1.58. The molecule has 0 saturated heterocycles. The fraction of sp³-hybridized carbons (Fsp3) is 0.125. The maximum absolute atomic E-state index is 13.1. The Kier molecular flexibility index (Phi) is 3.30. The molecule has 1 aromatic carbocycles. The van der Waals surface area contributed by atoms with E-state index in [1.54, 1.807) is 0 Å². The molecule has 0 spiro atoms. The monoisotopic (exact) mass is 252 g/mol. The highest BCUT2D eigenvalue weighted by molar-refractivity contribution is 5.94. The summed E-state index contributed by atoms with van der Waals surface area (Å²) in [4.78, 5) is 20.2. The molecule has 0 aliphatic carbocycles. The number of halogens is 4. The third-order valence-electron chi connectivity index (χ3n) is 1.66. The molecule has 1 aromatic rings. The number of nitro groups is 1. The van der Waals surface area contributed by atoms with E-state index in [0.29, 0.717) is 17.4 Å². The van der Waals surface area contributed by atoms with Crippen molar-refractivity contribution in [2.24, 2.45) is 0 Å². The molecule has 0 bridgehead atoms. The van der Waals surface area contributed by atoms with Crippen LogP contribution in [-0.2, 0) is 0 Å². The van der Waals surface area contributed by atoms with E-state index in [0.717, 1.165) is 6.07 Å². The quantitative estimate of drug-likeness (QED) is 0.378. The van der Waals surface area contributed by atoms with Crippen molar-refractivity contribution in [3.05, 3.63) is 39.7 Å². The lowest BCUT2D eigenvalue weighted by Gasteiger charge is -2.08. The van der Waals surface area contributed by atoms with Crippen LogP contribution in [0.4, 0.5) is 23.2 Å². The molecule has 0 heterocycles.